The van der Waals surface area contributed by atoms with Crippen LogP contribution < -0.4 is 5.32 Å². The molecule has 6 aromatic rings. The third kappa shape index (κ3) is 8.10. The molecule has 4 aromatic carbocycles. The van der Waals surface area contributed by atoms with Crippen LogP contribution in [0.15, 0.2) is 109 Å². The van der Waals surface area contributed by atoms with Crippen molar-refractivity contribution in [3.8, 4) is 33.6 Å². The lowest BCUT2D eigenvalue weighted by Crippen LogP contribution is -2.43. The average Bonchev–Trinajstić information content (AvgIpc) is 4.06. The van der Waals surface area contributed by atoms with Gasteiger partial charge in [0.05, 0.1) is 25.6 Å². The molecule has 3 N–H and O–H groups in total. The number of rotatable bonds is 10. The number of ether oxygens (including phenoxy) is 1. The highest BCUT2D eigenvalue weighted by Crippen LogP contribution is 2.40. The van der Waals surface area contributed by atoms with Crippen molar-refractivity contribution in [2.45, 2.75) is 50.7 Å². The highest BCUT2D eigenvalue weighted by atomic mass is 35.5. The Labute approximate surface area is 346 Å². The summed E-state index contributed by atoms with van der Waals surface area (Å²) < 4.78 is 4.84. The van der Waals surface area contributed by atoms with Gasteiger partial charge in [0.1, 0.15) is 39.4 Å². The van der Waals surface area contributed by atoms with E-state index in [0.717, 1.165) is 40.7 Å². The van der Waals surface area contributed by atoms with E-state index in [1.807, 2.05) is 102 Å². The van der Waals surface area contributed by atoms with Crippen LogP contribution in [0.5, 0.6) is 0 Å². The van der Waals surface area contributed by atoms with Crippen LogP contribution in [0.3, 0.4) is 0 Å². The van der Waals surface area contributed by atoms with Crippen LogP contribution in [-0.4, -0.2) is 67.8 Å². The summed E-state index contributed by atoms with van der Waals surface area (Å²) in [5, 5.41) is 3.53. The smallest absolute Gasteiger partial charge is 0.407 e. The SMILES string of the molecule is COC(=O)NC(C(=O)N1CC(C)CC1c1nc(-c2ccc(-c3ccc(-c4nc(C5CCCN5C(=O)Cc5ccccc5)[nH]c4Cl)cc3)cc2)c(Cl)[nH]1)c1ccccc1. The lowest BCUT2D eigenvalue weighted by molar-refractivity contribution is -0.134. The second-order valence-electron chi connectivity index (χ2n) is 15.0. The Balaban J connectivity index is 0.962. The Hall–Kier alpha value is -5.91. The molecule has 0 bridgehead atoms. The highest BCUT2D eigenvalue weighted by Gasteiger charge is 2.40. The Morgan fingerprint density at radius 1 is 0.759 bits per heavy atom. The van der Waals surface area contributed by atoms with Crippen LogP contribution in [0.1, 0.15) is 67.1 Å². The van der Waals surface area contributed by atoms with Gasteiger partial charge < -0.3 is 29.8 Å². The number of H-pyrrole nitrogens is 2. The van der Waals surface area contributed by atoms with Crippen LogP contribution in [0.25, 0.3) is 33.6 Å². The molecule has 58 heavy (non-hydrogen) atoms. The fourth-order valence-electron chi connectivity index (χ4n) is 8.12. The molecule has 0 spiro atoms. The molecule has 0 radical (unpaired) electrons. The number of hydrogen-bond donors (Lipinski definition) is 3. The van der Waals surface area contributed by atoms with Crippen molar-refractivity contribution in [3.05, 3.63) is 142 Å². The summed E-state index contributed by atoms with van der Waals surface area (Å²) in [5.74, 6) is 1.32. The normalized spacial score (nSPS) is 18.3. The van der Waals surface area contributed by atoms with Gasteiger partial charge in [0, 0.05) is 24.2 Å². The monoisotopic (exact) mass is 815 g/mol. The lowest BCUT2D eigenvalue weighted by Gasteiger charge is -2.28. The molecule has 8 rings (SSSR count). The molecule has 2 aromatic heterocycles. The van der Waals surface area contributed by atoms with E-state index >= 15 is 0 Å². The highest BCUT2D eigenvalue weighted by molar-refractivity contribution is 6.32. The van der Waals surface area contributed by atoms with Crippen molar-refractivity contribution in [1.29, 1.82) is 0 Å². The topological polar surface area (TPSA) is 136 Å². The summed E-state index contributed by atoms with van der Waals surface area (Å²) in [6, 6.07) is 33.5. The molecule has 13 heteroatoms. The zero-order valence-electron chi connectivity index (χ0n) is 32.1. The van der Waals surface area contributed by atoms with E-state index in [0.29, 0.717) is 64.8 Å². The minimum absolute atomic E-state index is 0.0822. The van der Waals surface area contributed by atoms with Crippen molar-refractivity contribution < 1.29 is 19.1 Å². The van der Waals surface area contributed by atoms with E-state index in [-0.39, 0.29) is 29.8 Å². The summed E-state index contributed by atoms with van der Waals surface area (Å²) in [6.07, 6.45) is 2.08. The number of alkyl carbamates (subject to hydrolysis) is 1. The van der Waals surface area contributed by atoms with E-state index in [1.54, 1.807) is 17.0 Å². The number of nitrogens with one attached hydrogen (secondary N) is 3. The van der Waals surface area contributed by atoms with Gasteiger partial charge in [0.25, 0.3) is 5.91 Å². The van der Waals surface area contributed by atoms with Crippen molar-refractivity contribution in [2.75, 3.05) is 20.2 Å². The molecular formula is C45H43Cl2N7O4. The van der Waals surface area contributed by atoms with E-state index in [4.69, 9.17) is 37.9 Å². The molecule has 0 aliphatic carbocycles. The van der Waals surface area contributed by atoms with Crippen molar-refractivity contribution in [3.63, 3.8) is 0 Å². The van der Waals surface area contributed by atoms with Gasteiger partial charge in [0.15, 0.2) is 0 Å². The van der Waals surface area contributed by atoms with Gasteiger partial charge in [0.2, 0.25) is 5.91 Å². The van der Waals surface area contributed by atoms with Crippen LogP contribution >= 0.6 is 23.2 Å². The van der Waals surface area contributed by atoms with Crippen molar-refractivity contribution in [1.82, 2.24) is 35.1 Å². The van der Waals surface area contributed by atoms with E-state index in [9.17, 15) is 14.4 Å². The van der Waals surface area contributed by atoms with Gasteiger partial charge in [-0.05, 0) is 47.4 Å². The molecular weight excluding hydrogens is 773 g/mol. The predicted molar refractivity (Wildman–Crippen MR) is 224 cm³/mol. The zero-order valence-corrected chi connectivity index (χ0v) is 33.6. The molecule has 4 atom stereocenters. The maximum atomic E-state index is 14.1. The van der Waals surface area contributed by atoms with Crippen LogP contribution in [0.2, 0.25) is 10.3 Å². The van der Waals surface area contributed by atoms with Gasteiger partial charge in [-0.1, -0.05) is 139 Å². The number of carbonyl (C=O) groups excluding carboxylic acids is 3. The van der Waals surface area contributed by atoms with Gasteiger partial charge in [-0.3, -0.25) is 9.59 Å². The van der Waals surface area contributed by atoms with Crippen molar-refractivity contribution in [2.24, 2.45) is 5.92 Å². The van der Waals surface area contributed by atoms with E-state index in [1.165, 1.54) is 7.11 Å². The number of amides is 3. The van der Waals surface area contributed by atoms with E-state index in [2.05, 4.69) is 22.2 Å². The fourth-order valence-corrected chi connectivity index (χ4v) is 8.62. The summed E-state index contributed by atoms with van der Waals surface area (Å²) in [6.45, 7) is 3.28. The van der Waals surface area contributed by atoms with Gasteiger partial charge in [-0.25, -0.2) is 14.8 Å². The van der Waals surface area contributed by atoms with Crippen molar-refractivity contribution >= 4 is 41.1 Å². The van der Waals surface area contributed by atoms with Gasteiger partial charge in [-0.2, -0.15) is 0 Å². The third-order valence-corrected chi connectivity index (χ3v) is 11.6. The number of carbonyl (C=O) groups is 3. The quantitative estimate of drug-likeness (QED) is 0.126. The first-order chi connectivity index (χ1) is 28.2. The maximum absolute atomic E-state index is 14.1. The van der Waals surface area contributed by atoms with Crippen LogP contribution in [-0.2, 0) is 20.7 Å². The van der Waals surface area contributed by atoms with E-state index < -0.39 is 12.1 Å². The Bertz CT molecular complexity index is 2400. The lowest BCUT2D eigenvalue weighted by atomic mass is 10.0. The number of hydrogen-bond acceptors (Lipinski definition) is 6. The number of nitrogens with zero attached hydrogens (tertiary/aromatic N) is 4. The first kappa shape index (κ1) is 38.9. The molecule has 2 aliphatic heterocycles. The predicted octanol–water partition coefficient (Wildman–Crippen LogP) is 9.35. The molecule has 2 aliphatic rings. The minimum atomic E-state index is -0.924. The number of halogens is 2. The standard InChI is InChI=1S/C45H43Cl2N7O4/c1-27-24-35(54(26-27)44(56)39(50-45(57)58-2)31-12-7-4-8-13-31)43-49-38(41(47)52-43)33-21-17-30(18-22-33)29-15-19-32(20-16-29)37-40(46)51-42(48-37)34-14-9-23-53(34)36(55)25-28-10-5-3-6-11-28/h3-8,10-13,15-22,27,34-35,39H,9,14,23-26H2,1-2H3,(H,48,51)(H,49,52)(H,50,57). The average molecular weight is 817 g/mol. The largest absolute Gasteiger partial charge is 0.453 e. The molecule has 4 unspecified atom stereocenters. The second kappa shape index (κ2) is 16.9. The number of likely N-dealkylation sites (tertiary alicyclic amines) is 2. The Morgan fingerprint density at radius 3 is 1.86 bits per heavy atom. The molecule has 11 nitrogen and oxygen atoms in total. The zero-order chi connectivity index (χ0) is 40.3. The Kier molecular flexibility index (Phi) is 11.3. The number of aromatic nitrogens is 4. The fraction of sp³-hybridized carbons (Fsp3) is 0.267. The van der Waals surface area contributed by atoms with Crippen LogP contribution in [0.4, 0.5) is 4.79 Å². The number of imidazole rings is 2. The van der Waals surface area contributed by atoms with Crippen LogP contribution in [0, 0.1) is 5.92 Å². The molecule has 4 heterocycles. The summed E-state index contributed by atoms with van der Waals surface area (Å²) >= 11 is 13.5. The minimum Gasteiger partial charge on any atom is -0.453 e. The molecule has 0 saturated carbocycles. The number of aromatic amines is 2. The van der Waals surface area contributed by atoms with Gasteiger partial charge >= 0.3 is 6.09 Å². The number of benzene rings is 4. The molecule has 2 fully saturated rings. The number of methoxy groups -OCH3 is 1. The Morgan fingerprint density at radius 2 is 1.29 bits per heavy atom. The summed E-state index contributed by atoms with van der Waals surface area (Å²) in [7, 11) is 1.27. The molecule has 296 valence electrons. The first-order valence-electron chi connectivity index (χ1n) is 19.4. The van der Waals surface area contributed by atoms with Gasteiger partial charge in [-0.15, -0.1) is 0 Å². The summed E-state index contributed by atoms with van der Waals surface area (Å²) in [5.41, 5.74) is 6.59. The maximum Gasteiger partial charge on any atom is 0.407 e. The molecule has 2 saturated heterocycles. The second-order valence-corrected chi connectivity index (χ2v) is 15.7. The summed E-state index contributed by atoms with van der Waals surface area (Å²) in [4.78, 5) is 59.6. The third-order valence-electron chi connectivity index (χ3n) is 11.0. The molecule has 3 amide bonds. The first-order valence-corrected chi connectivity index (χ1v) is 20.2.